The lowest BCUT2D eigenvalue weighted by atomic mass is 10.00. The third-order valence-electron chi connectivity index (χ3n) is 11.2. The maximum Gasteiger partial charge on any atom is 0.306 e. The Balaban J connectivity index is 2.41. The van der Waals surface area contributed by atoms with Crippen LogP contribution in [0, 0.1) is 0 Å². The van der Waals surface area contributed by atoms with E-state index < -0.39 is 71.2 Å². The van der Waals surface area contributed by atoms with Gasteiger partial charge >= 0.3 is 11.9 Å². The molecule has 0 saturated carbocycles. The summed E-state index contributed by atoms with van der Waals surface area (Å²) < 4.78 is 54.1. The Morgan fingerprint density at radius 1 is 0.517 bits per heavy atom. The lowest BCUT2D eigenvalue weighted by molar-refractivity contribution is -0.297. The first kappa shape index (κ1) is 54.7. The van der Waals surface area contributed by atoms with Gasteiger partial charge in [0, 0.05) is 12.8 Å². The van der Waals surface area contributed by atoms with Crippen molar-refractivity contribution in [2.75, 3.05) is 19.0 Å². The molecule has 1 aliphatic heterocycles. The highest BCUT2D eigenvalue weighted by Crippen LogP contribution is 2.24. The van der Waals surface area contributed by atoms with Crippen molar-refractivity contribution in [3.63, 3.8) is 0 Å². The highest BCUT2D eigenvalue weighted by Gasteiger charge is 2.46. The first-order valence-electron chi connectivity index (χ1n) is 23.6. The summed E-state index contributed by atoms with van der Waals surface area (Å²) in [4.78, 5) is 25.4. The first-order valence-corrected chi connectivity index (χ1v) is 25.2. The lowest BCUT2D eigenvalue weighted by Crippen LogP contribution is -2.60. The summed E-state index contributed by atoms with van der Waals surface area (Å²) in [5, 5.41) is 30.9. The van der Waals surface area contributed by atoms with Crippen LogP contribution in [0.2, 0.25) is 0 Å². The van der Waals surface area contributed by atoms with Crippen LogP contribution in [0.15, 0.2) is 0 Å². The lowest BCUT2D eigenvalue weighted by Gasteiger charge is -2.40. The van der Waals surface area contributed by atoms with Crippen LogP contribution in [-0.4, -0.2) is 96.0 Å². The summed E-state index contributed by atoms with van der Waals surface area (Å²) in [6.07, 6.45) is 27.1. The van der Waals surface area contributed by atoms with Crippen molar-refractivity contribution < 1.29 is 56.8 Å². The third-order valence-corrected chi connectivity index (χ3v) is 11.9. The summed E-state index contributed by atoms with van der Waals surface area (Å²) in [5.74, 6) is -1.96. The molecule has 0 aromatic heterocycles. The van der Waals surface area contributed by atoms with Gasteiger partial charge in [0.25, 0.3) is 10.1 Å². The zero-order valence-corrected chi connectivity index (χ0v) is 37.5. The van der Waals surface area contributed by atoms with Gasteiger partial charge in [-0.15, -0.1) is 0 Å². The number of aliphatic hydroxyl groups excluding tert-OH is 3. The van der Waals surface area contributed by atoms with Gasteiger partial charge < -0.3 is 34.3 Å². The molecule has 0 aromatic rings. The topological polar surface area (TPSA) is 186 Å². The van der Waals surface area contributed by atoms with Crippen molar-refractivity contribution in [1.82, 2.24) is 0 Å². The minimum Gasteiger partial charge on any atom is -0.462 e. The molecule has 0 aliphatic carbocycles. The summed E-state index contributed by atoms with van der Waals surface area (Å²) in [6.45, 7) is 3.79. The van der Waals surface area contributed by atoms with Crippen molar-refractivity contribution in [1.29, 1.82) is 0 Å². The number of carbonyl (C=O) groups excluding carboxylic acids is 2. The predicted octanol–water partition coefficient (Wildman–Crippen LogP) is 9.68. The number of rotatable bonds is 40. The highest BCUT2D eigenvalue weighted by atomic mass is 32.2. The van der Waals surface area contributed by atoms with Crippen LogP contribution >= 0.6 is 0 Å². The zero-order chi connectivity index (χ0) is 42.7. The van der Waals surface area contributed by atoms with Crippen LogP contribution in [0.4, 0.5) is 0 Å². The van der Waals surface area contributed by atoms with Crippen molar-refractivity contribution in [3.8, 4) is 0 Å². The molecule has 1 aliphatic rings. The standard InChI is InChI=1S/C45H86O12S/c1-3-5-7-9-11-13-15-17-19-21-23-25-27-29-31-33-40(46)54-35-38(36-55-45-44(50)43(49)42(48)39(57-45)37-58(51,52)53)56-41(47)34-32-30-28-26-24-22-20-18-16-14-12-10-8-6-4-2/h38-39,42-45,48-50H,3-37H2,1-2H3,(H,51,52,53)/t38-,39+,42+,43-,44+,45+/m0/s1. The van der Waals surface area contributed by atoms with Gasteiger partial charge in [0.2, 0.25) is 0 Å². The molecule has 13 heteroatoms. The molecule has 6 atom stereocenters. The molecule has 0 unspecified atom stereocenters. The molecule has 1 heterocycles. The summed E-state index contributed by atoms with van der Waals surface area (Å²) in [5.41, 5.74) is 0. The minimum absolute atomic E-state index is 0.172. The Bertz CT molecular complexity index is 1090. The fraction of sp³-hybridized carbons (Fsp3) is 0.956. The van der Waals surface area contributed by atoms with E-state index in [0.29, 0.717) is 12.8 Å². The van der Waals surface area contributed by atoms with E-state index in [0.717, 1.165) is 38.5 Å². The molecule has 12 nitrogen and oxygen atoms in total. The van der Waals surface area contributed by atoms with Crippen LogP contribution in [0.25, 0.3) is 0 Å². The van der Waals surface area contributed by atoms with E-state index in [1.807, 2.05) is 0 Å². The third kappa shape index (κ3) is 30.6. The molecule has 58 heavy (non-hydrogen) atoms. The Morgan fingerprint density at radius 3 is 1.26 bits per heavy atom. The number of aliphatic hydroxyl groups is 3. The molecule has 0 radical (unpaired) electrons. The minimum atomic E-state index is -4.60. The number of ether oxygens (including phenoxy) is 4. The van der Waals surface area contributed by atoms with E-state index in [1.165, 1.54) is 141 Å². The van der Waals surface area contributed by atoms with Gasteiger partial charge in [0.15, 0.2) is 12.4 Å². The van der Waals surface area contributed by atoms with Crippen LogP contribution in [0.5, 0.6) is 0 Å². The van der Waals surface area contributed by atoms with Crippen LogP contribution in [0.1, 0.15) is 219 Å². The smallest absolute Gasteiger partial charge is 0.306 e. The molecule has 0 bridgehead atoms. The summed E-state index contributed by atoms with van der Waals surface area (Å²) in [6, 6.07) is 0. The maximum absolute atomic E-state index is 12.8. The average Bonchev–Trinajstić information content (AvgIpc) is 3.18. The molecule has 1 fully saturated rings. The number of hydrogen-bond donors (Lipinski definition) is 4. The monoisotopic (exact) mass is 851 g/mol. The van der Waals surface area contributed by atoms with E-state index >= 15 is 0 Å². The molecular weight excluding hydrogens is 765 g/mol. The Labute approximate surface area is 353 Å². The molecule has 344 valence electrons. The molecule has 4 N–H and O–H groups in total. The molecular formula is C45H86O12S. The molecule has 0 amide bonds. The van der Waals surface area contributed by atoms with Gasteiger partial charge in [-0.05, 0) is 12.8 Å². The van der Waals surface area contributed by atoms with E-state index in [2.05, 4.69) is 13.8 Å². The molecule has 1 saturated heterocycles. The molecule has 0 spiro atoms. The van der Waals surface area contributed by atoms with E-state index in [9.17, 15) is 37.9 Å². The van der Waals surface area contributed by atoms with Gasteiger partial charge in [-0.2, -0.15) is 8.42 Å². The Kier molecular flexibility index (Phi) is 34.2. The zero-order valence-electron chi connectivity index (χ0n) is 36.7. The fourth-order valence-electron chi connectivity index (χ4n) is 7.50. The first-order chi connectivity index (χ1) is 28.0. The van der Waals surface area contributed by atoms with Crippen LogP contribution in [-0.2, 0) is 38.7 Å². The van der Waals surface area contributed by atoms with Gasteiger partial charge in [0.1, 0.15) is 36.8 Å². The Morgan fingerprint density at radius 2 is 0.879 bits per heavy atom. The molecule has 0 aromatic carbocycles. The second kappa shape index (κ2) is 36.3. The second-order valence-corrected chi connectivity index (χ2v) is 18.3. The van der Waals surface area contributed by atoms with Gasteiger partial charge in [-0.1, -0.05) is 194 Å². The quantitative estimate of drug-likeness (QED) is 0.0260. The predicted molar refractivity (Wildman–Crippen MR) is 229 cm³/mol. The highest BCUT2D eigenvalue weighted by molar-refractivity contribution is 7.85. The van der Waals surface area contributed by atoms with Crippen molar-refractivity contribution in [2.24, 2.45) is 0 Å². The molecule has 1 rings (SSSR count). The maximum atomic E-state index is 12.8. The van der Waals surface area contributed by atoms with Crippen LogP contribution < -0.4 is 0 Å². The van der Waals surface area contributed by atoms with Gasteiger partial charge in [-0.25, -0.2) is 0 Å². The SMILES string of the molecule is CCCCCCCCCCCCCCCCCC(=O)OC[C@@H](CO[C@@H]1O[C@H](CS(=O)(=O)O)[C@@H](O)[C@H](O)[C@H]1O)OC(=O)CCCCCCCCCCCCCCCCC. The number of esters is 2. The van der Waals surface area contributed by atoms with E-state index in [-0.39, 0.29) is 19.4 Å². The second-order valence-electron chi connectivity index (χ2n) is 16.8. The van der Waals surface area contributed by atoms with Crippen molar-refractivity contribution in [2.45, 2.75) is 256 Å². The average molecular weight is 851 g/mol. The van der Waals surface area contributed by atoms with Crippen molar-refractivity contribution in [3.05, 3.63) is 0 Å². The van der Waals surface area contributed by atoms with E-state index in [1.54, 1.807) is 0 Å². The summed E-state index contributed by atoms with van der Waals surface area (Å²) in [7, 11) is -4.60. The van der Waals surface area contributed by atoms with Crippen molar-refractivity contribution >= 4 is 22.1 Å². The Hall–Kier alpha value is -1.35. The largest absolute Gasteiger partial charge is 0.462 e. The summed E-state index contributed by atoms with van der Waals surface area (Å²) >= 11 is 0. The van der Waals surface area contributed by atoms with E-state index in [4.69, 9.17) is 18.9 Å². The van der Waals surface area contributed by atoms with Gasteiger partial charge in [0.05, 0.1) is 6.61 Å². The fourth-order valence-corrected chi connectivity index (χ4v) is 8.19. The normalized spacial score (nSPS) is 20.3. The number of hydrogen-bond acceptors (Lipinski definition) is 11. The van der Waals surface area contributed by atoms with Gasteiger partial charge in [-0.3, -0.25) is 14.1 Å². The number of carbonyl (C=O) groups is 2. The number of unbranched alkanes of at least 4 members (excludes halogenated alkanes) is 28. The van der Waals surface area contributed by atoms with Crippen LogP contribution in [0.3, 0.4) is 0 Å².